The Morgan fingerprint density at radius 3 is 3.13 bits per heavy atom. The maximum Gasteiger partial charge on any atom is 0.133 e. The van der Waals surface area contributed by atoms with Crippen LogP contribution >= 0.6 is 11.3 Å². The summed E-state index contributed by atoms with van der Waals surface area (Å²) in [5.74, 6) is 0.993. The average Bonchev–Trinajstić information content (AvgIpc) is 2.61. The zero-order valence-corrected chi connectivity index (χ0v) is 10.1. The monoisotopic (exact) mass is 220 g/mol. The molecule has 0 bridgehead atoms. The molecule has 1 fully saturated rings. The fraction of sp³-hybridized carbons (Fsp3) is 0.615. The SMILES string of the molecule is Cc1cc2c(s1)C[C@]1(C)CCC(=O)C[C@H]21. The van der Waals surface area contributed by atoms with E-state index >= 15 is 0 Å². The third-order valence-corrected chi connectivity index (χ3v) is 5.22. The summed E-state index contributed by atoms with van der Waals surface area (Å²) in [6.45, 7) is 4.54. The molecule has 0 aliphatic heterocycles. The van der Waals surface area contributed by atoms with Gasteiger partial charge in [-0.2, -0.15) is 0 Å². The summed E-state index contributed by atoms with van der Waals surface area (Å²) in [6.07, 6.45) is 3.90. The van der Waals surface area contributed by atoms with Gasteiger partial charge < -0.3 is 0 Å². The Kier molecular flexibility index (Phi) is 1.88. The summed E-state index contributed by atoms with van der Waals surface area (Å²) >= 11 is 1.93. The molecule has 0 spiro atoms. The van der Waals surface area contributed by atoms with Crippen LogP contribution in [-0.4, -0.2) is 5.78 Å². The molecule has 2 aliphatic carbocycles. The highest BCUT2D eigenvalue weighted by atomic mass is 32.1. The summed E-state index contributed by atoms with van der Waals surface area (Å²) < 4.78 is 0. The minimum absolute atomic E-state index is 0.392. The van der Waals surface area contributed by atoms with Crippen LogP contribution in [0.1, 0.15) is 47.4 Å². The molecule has 0 radical (unpaired) electrons. The van der Waals surface area contributed by atoms with E-state index in [4.69, 9.17) is 0 Å². The van der Waals surface area contributed by atoms with E-state index in [9.17, 15) is 4.79 Å². The lowest BCUT2D eigenvalue weighted by Crippen LogP contribution is -2.30. The molecule has 3 rings (SSSR count). The first kappa shape index (κ1) is 9.59. The number of aryl methyl sites for hydroxylation is 1. The highest BCUT2D eigenvalue weighted by Gasteiger charge is 2.46. The smallest absolute Gasteiger partial charge is 0.133 e. The second kappa shape index (κ2) is 2.94. The topological polar surface area (TPSA) is 17.1 Å². The molecule has 1 heterocycles. The minimum Gasteiger partial charge on any atom is -0.300 e. The molecule has 0 N–H and O–H groups in total. The van der Waals surface area contributed by atoms with E-state index in [1.165, 1.54) is 16.9 Å². The van der Waals surface area contributed by atoms with Crippen molar-refractivity contribution in [2.45, 2.75) is 45.4 Å². The van der Waals surface area contributed by atoms with Crippen molar-refractivity contribution >= 4 is 17.1 Å². The van der Waals surface area contributed by atoms with Crippen molar-refractivity contribution < 1.29 is 4.79 Å². The summed E-state index contributed by atoms with van der Waals surface area (Å²) in [7, 11) is 0. The number of rotatable bonds is 0. The predicted molar refractivity (Wildman–Crippen MR) is 62.5 cm³/mol. The third-order valence-electron chi connectivity index (χ3n) is 4.15. The Balaban J connectivity index is 2.05. The van der Waals surface area contributed by atoms with Crippen molar-refractivity contribution in [1.29, 1.82) is 0 Å². The number of carbonyl (C=O) groups is 1. The van der Waals surface area contributed by atoms with Crippen LogP contribution in [0.2, 0.25) is 0 Å². The maximum absolute atomic E-state index is 11.6. The lowest BCUT2D eigenvalue weighted by Gasteiger charge is -2.35. The van der Waals surface area contributed by atoms with Gasteiger partial charge in [0.2, 0.25) is 0 Å². The van der Waals surface area contributed by atoms with Crippen molar-refractivity contribution in [3.05, 3.63) is 21.4 Å². The zero-order chi connectivity index (χ0) is 10.6. The average molecular weight is 220 g/mol. The standard InChI is InChI=1S/C13H16OS/c1-8-5-10-11-6-9(14)3-4-13(11,2)7-12(10)15-8/h5,11H,3-4,6-7H2,1-2H3/t11-,13+/m1/s1. The molecular weight excluding hydrogens is 204 g/mol. The molecule has 1 nitrogen and oxygen atoms in total. The van der Waals surface area contributed by atoms with Gasteiger partial charge in [-0.1, -0.05) is 6.92 Å². The number of ketones is 1. The van der Waals surface area contributed by atoms with Crippen LogP contribution in [0.15, 0.2) is 6.07 Å². The van der Waals surface area contributed by atoms with E-state index in [-0.39, 0.29) is 0 Å². The molecule has 15 heavy (non-hydrogen) atoms. The molecule has 1 aromatic heterocycles. The molecule has 80 valence electrons. The van der Waals surface area contributed by atoms with Crippen LogP contribution < -0.4 is 0 Å². The highest BCUT2D eigenvalue weighted by molar-refractivity contribution is 7.12. The van der Waals surface area contributed by atoms with Gasteiger partial charge >= 0.3 is 0 Å². The number of Topliss-reactive ketones (excluding diaryl/α,β-unsaturated/α-hetero) is 1. The summed E-state index contributed by atoms with van der Waals surface area (Å²) in [5.41, 5.74) is 1.89. The van der Waals surface area contributed by atoms with E-state index in [1.807, 2.05) is 11.3 Å². The normalized spacial score (nSPS) is 34.0. The van der Waals surface area contributed by atoms with Gasteiger partial charge in [0, 0.05) is 22.6 Å². The molecule has 0 aromatic carbocycles. The molecule has 1 saturated carbocycles. The van der Waals surface area contributed by atoms with E-state index < -0.39 is 0 Å². The number of hydrogen-bond acceptors (Lipinski definition) is 2. The Morgan fingerprint density at radius 1 is 1.53 bits per heavy atom. The Labute approximate surface area is 94.5 Å². The fourth-order valence-electron chi connectivity index (χ4n) is 3.25. The van der Waals surface area contributed by atoms with E-state index in [0.717, 1.165) is 19.3 Å². The van der Waals surface area contributed by atoms with E-state index in [0.29, 0.717) is 17.1 Å². The van der Waals surface area contributed by atoms with Gasteiger partial charge in [0.1, 0.15) is 5.78 Å². The molecule has 0 saturated heterocycles. The van der Waals surface area contributed by atoms with Crippen molar-refractivity contribution in [3.8, 4) is 0 Å². The fourth-order valence-corrected chi connectivity index (χ4v) is 4.55. The Morgan fingerprint density at radius 2 is 2.33 bits per heavy atom. The van der Waals surface area contributed by atoms with Gasteiger partial charge in [0.25, 0.3) is 0 Å². The first-order valence-corrected chi connectivity index (χ1v) is 6.51. The number of hydrogen-bond donors (Lipinski definition) is 0. The maximum atomic E-state index is 11.6. The second-order valence-corrected chi connectivity index (χ2v) is 6.70. The van der Waals surface area contributed by atoms with Crippen molar-refractivity contribution in [2.24, 2.45) is 5.41 Å². The van der Waals surface area contributed by atoms with E-state index in [2.05, 4.69) is 19.9 Å². The second-order valence-electron chi connectivity index (χ2n) is 5.36. The first-order chi connectivity index (χ1) is 7.08. The van der Waals surface area contributed by atoms with Gasteiger partial charge in [-0.05, 0) is 42.7 Å². The van der Waals surface area contributed by atoms with Crippen LogP contribution in [0.5, 0.6) is 0 Å². The quantitative estimate of drug-likeness (QED) is 0.654. The van der Waals surface area contributed by atoms with Crippen LogP contribution in [0, 0.1) is 12.3 Å². The number of fused-ring (bicyclic) bond motifs is 3. The molecule has 2 heteroatoms. The lowest BCUT2D eigenvalue weighted by atomic mass is 9.68. The van der Waals surface area contributed by atoms with Crippen LogP contribution in [-0.2, 0) is 11.2 Å². The highest BCUT2D eigenvalue weighted by Crippen LogP contribution is 2.56. The van der Waals surface area contributed by atoms with Gasteiger partial charge in [-0.3, -0.25) is 4.79 Å². The predicted octanol–water partition coefficient (Wildman–Crippen LogP) is 3.46. The van der Waals surface area contributed by atoms with Gasteiger partial charge in [-0.25, -0.2) is 0 Å². The van der Waals surface area contributed by atoms with Gasteiger partial charge in [-0.15, -0.1) is 11.3 Å². The summed E-state index contributed by atoms with van der Waals surface area (Å²) in [5, 5.41) is 0. The molecule has 1 aromatic rings. The van der Waals surface area contributed by atoms with E-state index in [1.54, 1.807) is 4.88 Å². The van der Waals surface area contributed by atoms with Gasteiger partial charge in [0.15, 0.2) is 0 Å². The number of carbonyl (C=O) groups excluding carboxylic acids is 1. The molecule has 0 amide bonds. The minimum atomic E-state index is 0.392. The van der Waals surface area contributed by atoms with Gasteiger partial charge in [0.05, 0.1) is 0 Å². The van der Waals surface area contributed by atoms with Crippen molar-refractivity contribution in [1.82, 2.24) is 0 Å². The Bertz CT molecular complexity index is 432. The van der Waals surface area contributed by atoms with Crippen molar-refractivity contribution in [3.63, 3.8) is 0 Å². The molecular formula is C13H16OS. The first-order valence-electron chi connectivity index (χ1n) is 5.69. The molecule has 0 unspecified atom stereocenters. The van der Waals surface area contributed by atoms with Crippen LogP contribution in [0.25, 0.3) is 0 Å². The van der Waals surface area contributed by atoms with Crippen LogP contribution in [0.3, 0.4) is 0 Å². The summed E-state index contributed by atoms with van der Waals surface area (Å²) in [4.78, 5) is 14.5. The van der Waals surface area contributed by atoms with Crippen LogP contribution in [0.4, 0.5) is 0 Å². The molecule has 2 atom stereocenters. The zero-order valence-electron chi connectivity index (χ0n) is 9.30. The Hall–Kier alpha value is -0.630. The summed E-state index contributed by atoms with van der Waals surface area (Å²) in [6, 6.07) is 2.31. The number of thiophene rings is 1. The lowest BCUT2D eigenvalue weighted by molar-refractivity contribution is -0.122. The largest absolute Gasteiger partial charge is 0.300 e. The molecule has 2 aliphatic rings. The third kappa shape index (κ3) is 1.31. The van der Waals surface area contributed by atoms with Crippen molar-refractivity contribution in [2.75, 3.05) is 0 Å².